The van der Waals surface area contributed by atoms with Crippen LogP contribution in [-0.4, -0.2) is 25.0 Å². The van der Waals surface area contributed by atoms with Crippen LogP contribution >= 0.6 is 0 Å². The zero-order valence-electron chi connectivity index (χ0n) is 9.12. The Morgan fingerprint density at radius 1 is 1.19 bits per heavy atom. The molecule has 0 amide bonds. The number of aromatic nitrogens is 4. The van der Waals surface area contributed by atoms with Gasteiger partial charge >= 0.3 is 0 Å². The Hall–Kier alpha value is -1.88. The van der Waals surface area contributed by atoms with Gasteiger partial charge in [-0.25, -0.2) is 15.0 Å². The van der Waals surface area contributed by atoms with E-state index in [1.807, 2.05) is 6.92 Å². The normalized spacial score (nSPS) is 12.4. The minimum atomic E-state index is -0.559. The lowest BCUT2D eigenvalue weighted by atomic mass is 10.1. The summed E-state index contributed by atoms with van der Waals surface area (Å²) in [7, 11) is 0. The summed E-state index contributed by atoms with van der Waals surface area (Å²) in [5.74, 6) is 0.523. The Morgan fingerprint density at radius 3 is 2.56 bits per heavy atom. The SMILES string of the molecule is Cc1nc(-c2cnccn2)ncc1[C@@H](C)O. The maximum Gasteiger partial charge on any atom is 0.179 e. The third-order valence-electron chi connectivity index (χ3n) is 2.26. The standard InChI is InChI=1S/C11H12N4O/c1-7-9(8(2)16)5-14-11(15-7)10-6-12-3-4-13-10/h3-6,8,16H,1-2H3/t8-/m1/s1. The van der Waals surface area contributed by atoms with Gasteiger partial charge in [0, 0.05) is 29.8 Å². The minimum Gasteiger partial charge on any atom is -0.389 e. The molecule has 0 aromatic carbocycles. The highest BCUT2D eigenvalue weighted by molar-refractivity contribution is 5.47. The fourth-order valence-electron chi connectivity index (χ4n) is 1.42. The second-order valence-corrected chi connectivity index (χ2v) is 3.50. The fourth-order valence-corrected chi connectivity index (χ4v) is 1.42. The lowest BCUT2D eigenvalue weighted by Crippen LogP contribution is -2.01. The number of hydrogen-bond acceptors (Lipinski definition) is 5. The maximum atomic E-state index is 9.46. The Morgan fingerprint density at radius 2 is 2.00 bits per heavy atom. The molecule has 0 fully saturated rings. The largest absolute Gasteiger partial charge is 0.389 e. The van der Waals surface area contributed by atoms with Gasteiger partial charge in [0.05, 0.1) is 12.3 Å². The minimum absolute atomic E-state index is 0.523. The molecule has 0 saturated carbocycles. The van der Waals surface area contributed by atoms with Gasteiger partial charge < -0.3 is 5.11 Å². The van der Waals surface area contributed by atoms with Crippen molar-refractivity contribution < 1.29 is 5.11 Å². The molecule has 5 nitrogen and oxygen atoms in total. The first kappa shape index (κ1) is 10.6. The van der Waals surface area contributed by atoms with Gasteiger partial charge in [-0.1, -0.05) is 0 Å². The third-order valence-corrected chi connectivity index (χ3v) is 2.26. The molecule has 2 heterocycles. The van der Waals surface area contributed by atoms with E-state index in [4.69, 9.17) is 0 Å². The molecule has 16 heavy (non-hydrogen) atoms. The number of aryl methyl sites for hydroxylation is 1. The van der Waals surface area contributed by atoms with Crippen molar-refractivity contribution in [1.82, 2.24) is 19.9 Å². The molecule has 2 aromatic rings. The Labute approximate surface area is 93.3 Å². The van der Waals surface area contributed by atoms with Crippen molar-refractivity contribution in [2.24, 2.45) is 0 Å². The highest BCUT2D eigenvalue weighted by Crippen LogP contribution is 2.17. The fraction of sp³-hybridized carbons (Fsp3) is 0.273. The van der Waals surface area contributed by atoms with Crippen molar-refractivity contribution in [2.75, 3.05) is 0 Å². The van der Waals surface area contributed by atoms with Crippen LogP contribution in [0.2, 0.25) is 0 Å². The molecule has 82 valence electrons. The Balaban J connectivity index is 2.43. The van der Waals surface area contributed by atoms with E-state index in [1.165, 1.54) is 0 Å². The van der Waals surface area contributed by atoms with E-state index in [0.717, 1.165) is 11.3 Å². The zero-order valence-corrected chi connectivity index (χ0v) is 9.12. The summed E-state index contributed by atoms with van der Waals surface area (Å²) in [5, 5.41) is 9.46. The number of aliphatic hydroxyl groups excluding tert-OH is 1. The van der Waals surface area contributed by atoms with Crippen LogP contribution < -0.4 is 0 Å². The van der Waals surface area contributed by atoms with Gasteiger partial charge in [-0.05, 0) is 13.8 Å². The molecule has 2 rings (SSSR count). The van der Waals surface area contributed by atoms with E-state index in [1.54, 1.807) is 31.7 Å². The van der Waals surface area contributed by atoms with E-state index in [2.05, 4.69) is 19.9 Å². The van der Waals surface area contributed by atoms with Crippen LogP contribution in [0.25, 0.3) is 11.5 Å². The van der Waals surface area contributed by atoms with Crippen LogP contribution in [0.3, 0.4) is 0 Å². The van der Waals surface area contributed by atoms with Gasteiger partial charge in [0.1, 0.15) is 5.69 Å². The summed E-state index contributed by atoms with van der Waals surface area (Å²) in [6, 6.07) is 0. The molecule has 5 heteroatoms. The number of rotatable bonds is 2. The van der Waals surface area contributed by atoms with Crippen molar-refractivity contribution in [3.05, 3.63) is 36.0 Å². The van der Waals surface area contributed by atoms with Gasteiger partial charge in [0.2, 0.25) is 0 Å². The third kappa shape index (κ3) is 2.04. The zero-order chi connectivity index (χ0) is 11.5. The average molecular weight is 216 g/mol. The Kier molecular flexibility index (Phi) is 2.87. The van der Waals surface area contributed by atoms with E-state index in [-0.39, 0.29) is 0 Å². The van der Waals surface area contributed by atoms with E-state index in [0.29, 0.717) is 11.5 Å². The Bertz CT molecular complexity index is 485. The number of nitrogens with zero attached hydrogens (tertiary/aromatic N) is 4. The smallest absolute Gasteiger partial charge is 0.179 e. The first-order valence-corrected chi connectivity index (χ1v) is 4.96. The van der Waals surface area contributed by atoms with Crippen molar-refractivity contribution in [2.45, 2.75) is 20.0 Å². The molecular weight excluding hydrogens is 204 g/mol. The van der Waals surface area contributed by atoms with Crippen LogP contribution in [0, 0.1) is 6.92 Å². The van der Waals surface area contributed by atoms with Crippen LogP contribution in [0.15, 0.2) is 24.8 Å². The predicted octanol–water partition coefficient (Wildman–Crippen LogP) is 1.30. The molecule has 1 atom stereocenters. The van der Waals surface area contributed by atoms with Gasteiger partial charge in [-0.15, -0.1) is 0 Å². The van der Waals surface area contributed by atoms with Crippen molar-refractivity contribution in [3.8, 4) is 11.5 Å². The molecule has 0 aliphatic carbocycles. The highest BCUT2D eigenvalue weighted by atomic mass is 16.3. The molecule has 0 spiro atoms. The van der Waals surface area contributed by atoms with Gasteiger partial charge in [-0.2, -0.15) is 0 Å². The lowest BCUT2D eigenvalue weighted by molar-refractivity contribution is 0.197. The lowest BCUT2D eigenvalue weighted by Gasteiger charge is -2.08. The topological polar surface area (TPSA) is 71.8 Å². The van der Waals surface area contributed by atoms with E-state index < -0.39 is 6.10 Å². The highest BCUT2D eigenvalue weighted by Gasteiger charge is 2.09. The molecule has 0 unspecified atom stereocenters. The van der Waals surface area contributed by atoms with Crippen molar-refractivity contribution >= 4 is 0 Å². The van der Waals surface area contributed by atoms with E-state index >= 15 is 0 Å². The first-order chi connectivity index (χ1) is 7.68. The summed E-state index contributed by atoms with van der Waals surface area (Å²) < 4.78 is 0. The molecule has 0 bridgehead atoms. The summed E-state index contributed by atoms with van der Waals surface area (Å²) in [6.45, 7) is 3.53. The molecule has 0 aliphatic rings. The molecule has 2 aromatic heterocycles. The van der Waals surface area contributed by atoms with Crippen LogP contribution in [0.4, 0.5) is 0 Å². The summed E-state index contributed by atoms with van der Waals surface area (Å²) in [5.41, 5.74) is 2.11. The maximum absolute atomic E-state index is 9.46. The van der Waals surface area contributed by atoms with Crippen molar-refractivity contribution in [1.29, 1.82) is 0 Å². The van der Waals surface area contributed by atoms with Crippen LogP contribution in [0.1, 0.15) is 24.3 Å². The molecular formula is C11H12N4O. The average Bonchev–Trinajstić information content (AvgIpc) is 2.29. The number of hydrogen-bond donors (Lipinski definition) is 1. The molecule has 1 N–H and O–H groups in total. The molecule has 0 radical (unpaired) electrons. The summed E-state index contributed by atoms with van der Waals surface area (Å²) >= 11 is 0. The summed E-state index contributed by atoms with van der Waals surface area (Å²) in [6.07, 6.45) is 5.86. The van der Waals surface area contributed by atoms with Crippen LogP contribution in [0.5, 0.6) is 0 Å². The van der Waals surface area contributed by atoms with Crippen molar-refractivity contribution in [3.63, 3.8) is 0 Å². The first-order valence-electron chi connectivity index (χ1n) is 4.96. The van der Waals surface area contributed by atoms with Gasteiger partial charge in [-0.3, -0.25) is 4.98 Å². The molecule has 0 aliphatic heterocycles. The second kappa shape index (κ2) is 4.32. The van der Waals surface area contributed by atoms with Gasteiger partial charge in [0.15, 0.2) is 5.82 Å². The van der Waals surface area contributed by atoms with Gasteiger partial charge in [0.25, 0.3) is 0 Å². The molecule has 0 saturated heterocycles. The monoisotopic (exact) mass is 216 g/mol. The second-order valence-electron chi connectivity index (χ2n) is 3.50. The quantitative estimate of drug-likeness (QED) is 0.819. The van der Waals surface area contributed by atoms with E-state index in [9.17, 15) is 5.11 Å². The van der Waals surface area contributed by atoms with Crippen LogP contribution in [-0.2, 0) is 0 Å². The summed E-state index contributed by atoms with van der Waals surface area (Å²) in [4.78, 5) is 16.5. The predicted molar refractivity (Wildman–Crippen MR) is 58.4 cm³/mol. The number of aliphatic hydroxyl groups is 1.